The van der Waals surface area contributed by atoms with Gasteiger partial charge in [0, 0.05) is 31.7 Å². The molecule has 0 radical (unpaired) electrons. The van der Waals surface area contributed by atoms with E-state index < -0.39 is 15.7 Å². The number of aromatic nitrogens is 2. The molecule has 2 aliphatic rings. The summed E-state index contributed by atoms with van der Waals surface area (Å²) in [5, 5.41) is 0. The molecule has 7 heteroatoms. The Balaban J connectivity index is 2.03. The second kappa shape index (κ2) is 4.82. The van der Waals surface area contributed by atoms with Crippen LogP contribution in [-0.2, 0) is 22.2 Å². The minimum atomic E-state index is -3.40. The molecule has 20 heavy (non-hydrogen) atoms. The lowest BCUT2D eigenvalue weighted by Crippen LogP contribution is -2.60. The van der Waals surface area contributed by atoms with Gasteiger partial charge in [0.2, 0.25) is 0 Å². The molecule has 0 aromatic carbocycles. The second-order valence-corrected chi connectivity index (χ2v) is 7.38. The van der Waals surface area contributed by atoms with E-state index >= 15 is 0 Å². The molecule has 1 spiro atoms. The van der Waals surface area contributed by atoms with Crippen molar-refractivity contribution in [1.82, 2.24) is 18.6 Å². The molecule has 6 nitrogen and oxygen atoms in total. The first-order valence-corrected chi connectivity index (χ1v) is 8.76. The Bertz CT molecular complexity index is 587. The zero-order valence-electron chi connectivity index (χ0n) is 12.1. The van der Waals surface area contributed by atoms with E-state index in [4.69, 9.17) is 0 Å². The zero-order valence-corrected chi connectivity index (χ0v) is 12.9. The molecule has 1 N–H and O–H groups in total. The van der Waals surface area contributed by atoms with Gasteiger partial charge in [0.1, 0.15) is 0 Å². The van der Waals surface area contributed by atoms with Crippen LogP contribution < -0.4 is 0 Å². The van der Waals surface area contributed by atoms with Crippen molar-refractivity contribution in [2.45, 2.75) is 45.1 Å². The molecule has 1 aliphatic heterocycles. The third-order valence-corrected chi connectivity index (χ3v) is 6.95. The molecule has 3 rings (SSSR count). The van der Waals surface area contributed by atoms with Gasteiger partial charge in [-0.2, -0.15) is 17.0 Å². The number of hydrogen-bond donors (Lipinski definition) is 1. The Labute approximate surface area is 120 Å². The molecule has 0 atom stereocenters. The summed E-state index contributed by atoms with van der Waals surface area (Å²) >= 11 is 0. The topological polar surface area (TPSA) is 69.3 Å². The van der Waals surface area contributed by atoms with Crippen LogP contribution >= 0.6 is 0 Å². The maximum absolute atomic E-state index is 12.9. The lowest BCUT2D eigenvalue weighted by atomic mass is 9.72. The highest BCUT2D eigenvalue weighted by molar-refractivity contribution is 7.86. The smallest absolute Gasteiger partial charge is 0.282 e. The van der Waals surface area contributed by atoms with Gasteiger partial charge in [0.05, 0.1) is 17.6 Å². The summed E-state index contributed by atoms with van der Waals surface area (Å²) in [5.41, 5.74) is 1.66. The van der Waals surface area contributed by atoms with Crippen LogP contribution in [0, 0.1) is 0 Å². The van der Waals surface area contributed by atoms with E-state index in [2.05, 4.69) is 9.97 Å². The fourth-order valence-corrected chi connectivity index (χ4v) is 5.45. The van der Waals surface area contributed by atoms with Crippen molar-refractivity contribution in [3.05, 3.63) is 17.7 Å². The number of imidazole rings is 1. The third kappa shape index (κ3) is 1.76. The minimum absolute atomic E-state index is 0.394. The molecule has 1 aliphatic carbocycles. The number of fused-ring (bicyclic) bond motifs is 2. The van der Waals surface area contributed by atoms with Crippen LogP contribution in [0.3, 0.4) is 0 Å². The summed E-state index contributed by atoms with van der Waals surface area (Å²) in [4.78, 5) is 7.59. The van der Waals surface area contributed by atoms with Crippen LogP contribution in [0.15, 0.2) is 6.33 Å². The lowest BCUT2D eigenvalue weighted by Gasteiger charge is -2.51. The predicted octanol–water partition coefficient (Wildman–Crippen LogP) is 1.23. The first-order chi connectivity index (χ1) is 9.56. The van der Waals surface area contributed by atoms with Gasteiger partial charge >= 0.3 is 0 Å². The fraction of sp³-hybridized carbons (Fsp3) is 0.769. The predicted molar refractivity (Wildman–Crippen MR) is 76.4 cm³/mol. The van der Waals surface area contributed by atoms with Crippen molar-refractivity contribution in [2.24, 2.45) is 0 Å². The monoisotopic (exact) mass is 298 g/mol. The van der Waals surface area contributed by atoms with Crippen LogP contribution in [0.1, 0.15) is 44.5 Å². The second-order valence-electron chi connectivity index (χ2n) is 5.53. The molecule has 0 amide bonds. The van der Waals surface area contributed by atoms with Crippen molar-refractivity contribution < 1.29 is 8.42 Å². The van der Waals surface area contributed by atoms with Gasteiger partial charge in [-0.25, -0.2) is 4.98 Å². The van der Waals surface area contributed by atoms with E-state index in [1.54, 1.807) is 14.9 Å². The van der Waals surface area contributed by atoms with Crippen LogP contribution in [0.2, 0.25) is 0 Å². The van der Waals surface area contributed by atoms with Crippen LogP contribution in [-0.4, -0.2) is 46.6 Å². The Morgan fingerprint density at radius 2 is 2.10 bits per heavy atom. The molecule has 1 fully saturated rings. The lowest BCUT2D eigenvalue weighted by molar-refractivity contribution is 0.0641. The van der Waals surface area contributed by atoms with Gasteiger partial charge in [0.15, 0.2) is 0 Å². The summed E-state index contributed by atoms with van der Waals surface area (Å²) in [5.74, 6) is 0. The van der Waals surface area contributed by atoms with E-state index in [0.717, 1.165) is 37.1 Å². The van der Waals surface area contributed by atoms with Crippen LogP contribution in [0.5, 0.6) is 0 Å². The average molecular weight is 298 g/mol. The Hall–Kier alpha value is -0.920. The van der Waals surface area contributed by atoms with Gasteiger partial charge < -0.3 is 4.98 Å². The zero-order chi connectivity index (χ0) is 14.4. The summed E-state index contributed by atoms with van der Waals surface area (Å²) in [7, 11) is -3.40. The van der Waals surface area contributed by atoms with Crippen molar-refractivity contribution >= 4 is 10.2 Å². The number of hydrogen-bond acceptors (Lipinski definition) is 3. The first kappa shape index (κ1) is 14.0. The van der Waals surface area contributed by atoms with Gasteiger partial charge in [-0.05, 0) is 19.3 Å². The van der Waals surface area contributed by atoms with Crippen molar-refractivity contribution in [3.63, 3.8) is 0 Å². The van der Waals surface area contributed by atoms with Crippen molar-refractivity contribution in [1.29, 1.82) is 0 Å². The average Bonchev–Trinajstić information content (AvgIpc) is 2.84. The van der Waals surface area contributed by atoms with E-state index in [1.807, 2.05) is 13.8 Å². The summed E-state index contributed by atoms with van der Waals surface area (Å²) in [6, 6.07) is 0. The quantitative estimate of drug-likeness (QED) is 0.909. The minimum Gasteiger partial charge on any atom is -0.348 e. The molecule has 0 bridgehead atoms. The summed E-state index contributed by atoms with van der Waals surface area (Å²) in [6.07, 6.45) is 5.24. The molecule has 112 valence electrons. The van der Waals surface area contributed by atoms with Gasteiger partial charge in [0.25, 0.3) is 10.2 Å². The van der Waals surface area contributed by atoms with E-state index in [9.17, 15) is 8.42 Å². The fourth-order valence-electron chi connectivity index (χ4n) is 3.48. The normalized spacial score (nSPS) is 21.9. The van der Waals surface area contributed by atoms with Crippen molar-refractivity contribution in [3.8, 4) is 0 Å². The molecule has 2 heterocycles. The third-order valence-electron chi connectivity index (χ3n) is 4.69. The summed E-state index contributed by atoms with van der Waals surface area (Å²) < 4.78 is 29.1. The molecular formula is C13H22N4O2S. The first-order valence-electron chi connectivity index (χ1n) is 7.37. The Morgan fingerprint density at radius 1 is 1.40 bits per heavy atom. The number of nitrogens with zero attached hydrogens (tertiary/aromatic N) is 3. The number of rotatable bonds is 4. The van der Waals surface area contributed by atoms with E-state index in [1.165, 1.54) is 0 Å². The molecule has 1 saturated carbocycles. The number of nitrogens with one attached hydrogen (secondary N) is 1. The summed E-state index contributed by atoms with van der Waals surface area (Å²) in [6.45, 7) is 5.35. The molecule has 0 unspecified atom stereocenters. The van der Waals surface area contributed by atoms with Crippen LogP contribution in [0.25, 0.3) is 0 Å². The highest BCUT2D eigenvalue weighted by Gasteiger charge is 2.54. The van der Waals surface area contributed by atoms with Gasteiger partial charge in [-0.1, -0.05) is 13.8 Å². The molecule has 1 aromatic rings. The Morgan fingerprint density at radius 3 is 2.65 bits per heavy atom. The molecule has 1 aromatic heterocycles. The van der Waals surface area contributed by atoms with Crippen LogP contribution in [0.4, 0.5) is 0 Å². The van der Waals surface area contributed by atoms with E-state index in [-0.39, 0.29) is 0 Å². The standard InChI is InChI=1S/C13H22N4O2S/c1-3-16(4-2)20(18,19)17-9-6-11-12(15-10-14-11)13(17)7-5-8-13/h10H,3-9H2,1-2H3,(H,14,15). The molecule has 0 saturated heterocycles. The van der Waals surface area contributed by atoms with Crippen molar-refractivity contribution in [2.75, 3.05) is 19.6 Å². The van der Waals surface area contributed by atoms with E-state index in [0.29, 0.717) is 19.6 Å². The maximum Gasteiger partial charge on any atom is 0.282 e. The van der Waals surface area contributed by atoms with Gasteiger partial charge in [-0.15, -0.1) is 0 Å². The maximum atomic E-state index is 12.9. The van der Waals surface area contributed by atoms with Gasteiger partial charge in [-0.3, -0.25) is 0 Å². The molecular weight excluding hydrogens is 276 g/mol. The Kier molecular flexibility index (Phi) is 3.38. The largest absolute Gasteiger partial charge is 0.348 e. The highest BCUT2D eigenvalue weighted by atomic mass is 32.2. The highest BCUT2D eigenvalue weighted by Crippen LogP contribution is 2.50. The number of H-pyrrole nitrogens is 1. The SMILES string of the molecule is CCN(CC)S(=O)(=O)N1CCc2[nH]cnc2C12CCC2. The number of aromatic amines is 1.